The molecule has 25 heavy (non-hydrogen) atoms. The van der Waals surface area contributed by atoms with Crippen LogP contribution in [0.15, 0.2) is 30.3 Å². The minimum Gasteiger partial charge on any atom is -0.345 e. The number of carbonyl (C=O) groups is 1. The molecule has 0 saturated carbocycles. The fraction of sp³-hybridized carbons (Fsp3) is 0.438. The number of hydrogen-bond donors (Lipinski definition) is 1. The summed E-state index contributed by atoms with van der Waals surface area (Å²) in [7, 11) is 0. The van der Waals surface area contributed by atoms with Gasteiger partial charge in [-0.2, -0.15) is 4.37 Å². The molecule has 6 nitrogen and oxygen atoms in total. The molecule has 2 heterocycles. The van der Waals surface area contributed by atoms with Crippen LogP contribution in [0.25, 0.3) is 0 Å². The molecule has 1 fully saturated rings. The first kappa shape index (κ1) is 21.6. The maximum Gasteiger partial charge on any atom is 0.244 e. The molecule has 0 radical (unpaired) electrons. The van der Waals surface area contributed by atoms with Gasteiger partial charge in [-0.1, -0.05) is 30.3 Å². The van der Waals surface area contributed by atoms with E-state index in [1.807, 2.05) is 42.2 Å². The van der Waals surface area contributed by atoms with Gasteiger partial charge in [0.25, 0.3) is 0 Å². The number of carbonyl (C=O) groups excluding carboxylic acids is 1. The van der Waals surface area contributed by atoms with Crippen LogP contribution >= 0.6 is 36.3 Å². The van der Waals surface area contributed by atoms with Crippen LogP contribution in [0.4, 0.5) is 5.13 Å². The lowest BCUT2D eigenvalue weighted by Gasteiger charge is -2.24. The van der Waals surface area contributed by atoms with E-state index in [1.165, 1.54) is 11.5 Å². The fourth-order valence-corrected chi connectivity index (χ4v) is 3.47. The molecule has 1 atom stereocenters. The van der Waals surface area contributed by atoms with E-state index in [-0.39, 0.29) is 30.7 Å². The molecule has 1 aliphatic heterocycles. The van der Waals surface area contributed by atoms with Gasteiger partial charge >= 0.3 is 0 Å². The first-order valence-corrected chi connectivity index (χ1v) is 8.57. The van der Waals surface area contributed by atoms with Gasteiger partial charge in [-0.3, -0.25) is 4.79 Å². The van der Waals surface area contributed by atoms with Crippen molar-refractivity contribution >= 4 is 47.4 Å². The first-order valence-electron chi connectivity index (χ1n) is 7.80. The number of aryl methyl sites for hydroxylation is 1. The standard InChI is InChI=1S/C16H21N5OS.2ClH/c1-12-18-16(23-19-12)21-9-5-8-20(10-11-21)15(22)14(17)13-6-3-2-4-7-13;;/h2-4,6-7,14H,5,8-11,17H2,1H3;2*1H. The molecule has 9 heteroatoms. The van der Waals surface area contributed by atoms with Crippen molar-refractivity contribution in [2.75, 3.05) is 31.1 Å². The van der Waals surface area contributed by atoms with E-state index in [0.717, 1.165) is 42.6 Å². The molecule has 1 aliphatic rings. The van der Waals surface area contributed by atoms with Crippen LogP contribution < -0.4 is 10.6 Å². The SMILES string of the molecule is Cc1nsc(N2CCCN(C(=O)C(N)c3ccccc3)CC2)n1.Cl.Cl. The Morgan fingerprint density at radius 3 is 2.52 bits per heavy atom. The Morgan fingerprint density at radius 1 is 1.16 bits per heavy atom. The summed E-state index contributed by atoms with van der Waals surface area (Å²) < 4.78 is 4.23. The van der Waals surface area contributed by atoms with E-state index in [2.05, 4.69) is 14.3 Å². The van der Waals surface area contributed by atoms with E-state index in [1.54, 1.807) is 0 Å². The van der Waals surface area contributed by atoms with Crippen LogP contribution in [-0.2, 0) is 4.79 Å². The Labute approximate surface area is 164 Å². The van der Waals surface area contributed by atoms with Crippen LogP contribution in [0.3, 0.4) is 0 Å². The van der Waals surface area contributed by atoms with Crippen LogP contribution in [0, 0.1) is 6.92 Å². The minimum absolute atomic E-state index is 0. The zero-order valence-electron chi connectivity index (χ0n) is 14.0. The van der Waals surface area contributed by atoms with E-state index in [9.17, 15) is 4.79 Å². The van der Waals surface area contributed by atoms with Crippen LogP contribution in [0.2, 0.25) is 0 Å². The molecule has 138 valence electrons. The van der Waals surface area contributed by atoms with Gasteiger partial charge in [-0.15, -0.1) is 24.8 Å². The zero-order valence-corrected chi connectivity index (χ0v) is 16.4. The van der Waals surface area contributed by atoms with E-state index < -0.39 is 6.04 Å². The molecular formula is C16H23Cl2N5OS. The minimum atomic E-state index is -0.591. The molecular weight excluding hydrogens is 381 g/mol. The van der Waals surface area contributed by atoms with Crippen molar-refractivity contribution in [1.82, 2.24) is 14.3 Å². The molecule has 2 aromatic rings. The summed E-state index contributed by atoms with van der Waals surface area (Å²) in [5.74, 6) is 0.791. The fourth-order valence-electron chi connectivity index (χ4n) is 2.74. The van der Waals surface area contributed by atoms with E-state index in [4.69, 9.17) is 5.73 Å². The van der Waals surface area contributed by atoms with Crippen molar-refractivity contribution < 1.29 is 4.79 Å². The number of halogens is 2. The largest absolute Gasteiger partial charge is 0.345 e. The lowest BCUT2D eigenvalue weighted by molar-refractivity contribution is -0.132. The average molecular weight is 404 g/mol. The molecule has 1 aromatic heterocycles. The van der Waals surface area contributed by atoms with Crippen molar-refractivity contribution in [2.24, 2.45) is 5.73 Å². The predicted octanol–water partition coefficient (Wildman–Crippen LogP) is 2.43. The second-order valence-corrected chi connectivity index (χ2v) is 6.41. The van der Waals surface area contributed by atoms with Crippen LogP contribution in [-0.4, -0.2) is 46.3 Å². The van der Waals surface area contributed by atoms with Gasteiger partial charge in [0, 0.05) is 37.7 Å². The Kier molecular flexibility index (Phi) is 8.58. The van der Waals surface area contributed by atoms with Crippen molar-refractivity contribution in [3.63, 3.8) is 0 Å². The zero-order chi connectivity index (χ0) is 16.2. The first-order chi connectivity index (χ1) is 11.1. The quantitative estimate of drug-likeness (QED) is 0.851. The lowest BCUT2D eigenvalue weighted by Crippen LogP contribution is -2.40. The van der Waals surface area contributed by atoms with E-state index >= 15 is 0 Å². The second-order valence-electron chi connectivity index (χ2n) is 5.68. The average Bonchev–Trinajstić information content (AvgIpc) is 2.86. The number of aromatic nitrogens is 2. The molecule has 1 amide bonds. The maximum absolute atomic E-state index is 12.7. The molecule has 0 spiro atoms. The van der Waals surface area contributed by atoms with Crippen molar-refractivity contribution in [1.29, 1.82) is 0 Å². The second kappa shape index (κ2) is 9.91. The van der Waals surface area contributed by atoms with Gasteiger partial charge in [0.15, 0.2) is 0 Å². The highest BCUT2D eigenvalue weighted by atomic mass is 35.5. The Bertz CT molecular complexity index is 670. The molecule has 1 aromatic carbocycles. The molecule has 0 aliphatic carbocycles. The molecule has 0 bridgehead atoms. The predicted molar refractivity (Wildman–Crippen MR) is 106 cm³/mol. The van der Waals surface area contributed by atoms with Gasteiger partial charge in [0.2, 0.25) is 11.0 Å². The highest BCUT2D eigenvalue weighted by Crippen LogP contribution is 2.20. The summed E-state index contributed by atoms with van der Waals surface area (Å²) in [5, 5.41) is 0.934. The van der Waals surface area contributed by atoms with Gasteiger partial charge in [-0.25, -0.2) is 4.98 Å². The summed E-state index contributed by atoms with van der Waals surface area (Å²) in [6, 6.07) is 8.95. The maximum atomic E-state index is 12.7. The monoisotopic (exact) mass is 403 g/mol. The number of hydrogen-bond acceptors (Lipinski definition) is 6. The number of benzene rings is 1. The topological polar surface area (TPSA) is 75.4 Å². The molecule has 2 N–H and O–H groups in total. The number of nitrogens with zero attached hydrogens (tertiary/aromatic N) is 4. The van der Waals surface area contributed by atoms with Gasteiger partial charge in [-0.05, 0) is 18.9 Å². The third-order valence-corrected chi connectivity index (χ3v) is 4.89. The summed E-state index contributed by atoms with van der Waals surface area (Å²) >= 11 is 1.41. The smallest absolute Gasteiger partial charge is 0.244 e. The highest BCUT2D eigenvalue weighted by Gasteiger charge is 2.25. The van der Waals surface area contributed by atoms with Crippen molar-refractivity contribution in [3.8, 4) is 0 Å². The molecule has 3 rings (SSSR count). The van der Waals surface area contributed by atoms with Gasteiger partial charge in [0.05, 0.1) is 0 Å². The van der Waals surface area contributed by atoms with Gasteiger partial charge < -0.3 is 15.5 Å². The van der Waals surface area contributed by atoms with Crippen molar-refractivity contribution in [3.05, 3.63) is 41.7 Å². The lowest BCUT2D eigenvalue weighted by atomic mass is 10.1. The number of anilines is 1. The summed E-state index contributed by atoms with van der Waals surface area (Å²) in [6.45, 7) is 4.94. The summed E-state index contributed by atoms with van der Waals surface area (Å²) in [4.78, 5) is 21.2. The number of amides is 1. The van der Waals surface area contributed by atoms with Gasteiger partial charge in [0.1, 0.15) is 11.9 Å². The van der Waals surface area contributed by atoms with Crippen LogP contribution in [0.1, 0.15) is 23.9 Å². The van der Waals surface area contributed by atoms with Crippen LogP contribution in [0.5, 0.6) is 0 Å². The molecule has 1 saturated heterocycles. The number of nitrogens with two attached hydrogens (primary N) is 1. The summed E-state index contributed by atoms with van der Waals surface area (Å²) in [6.07, 6.45) is 0.909. The Balaban J connectivity index is 0.00000156. The number of rotatable bonds is 3. The Hall–Kier alpha value is -1.41. The van der Waals surface area contributed by atoms with E-state index in [0.29, 0.717) is 6.54 Å². The van der Waals surface area contributed by atoms with Crippen molar-refractivity contribution in [2.45, 2.75) is 19.4 Å². The third kappa shape index (κ3) is 5.28. The Morgan fingerprint density at radius 2 is 1.88 bits per heavy atom. The third-order valence-electron chi connectivity index (χ3n) is 4.02. The highest BCUT2D eigenvalue weighted by molar-refractivity contribution is 7.09. The summed E-state index contributed by atoms with van der Waals surface area (Å²) in [5.41, 5.74) is 7.00. The molecule has 1 unspecified atom stereocenters. The normalized spacial score (nSPS) is 15.6.